The summed E-state index contributed by atoms with van der Waals surface area (Å²) in [6, 6.07) is 14.2. The minimum atomic E-state index is -0.442. The van der Waals surface area contributed by atoms with E-state index in [2.05, 4.69) is 0 Å². The molecule has 8 nitrogen and oxygen atoms in total. The van der Waals surface area contributed by atoms with E-state index in [1.54, 1.807) is 59.2 Å². The van der Waals surface area contributed by atoms with Crippen molar-refractivity contribution >= 4 is 46.3 Å². The number of carbonyl (C=O) groups is 2. The molecule has 2 heterocycles. The number of para-hydroxylation sites is 1. The molecule has 4 rings (SSSR count). The summed E-state index contributed by atoms with van der Waals surface area (Å²) in [5, 5.41) is 0.983. The van der Waals surface area contributed by atoms with E-state index in [0.29, 0.717) is 66.0 Å². The van der Waals surface area contributed by atoms with E-state index in [4.69, 9.17) is 21.3 Å². The smallest absolute Gasteiger partial charge is 0.409 e. The van der Waals surface area contributed by atoms with Crippen LogP contribution in [0.2, 0.25) is 5.02 Å². The molecule has 2 aromatic carbocycles. The Kier molecular flexibility index (Phi) is 7.97. The van der Waals surface area contributed by atoms with Crippen LogP contribution in [-0.2, 0) is 9.53 Å². The average Bonchev–Trinajstić information content (AvgIpc) is 2.87. The highest BCUT2D eigenvalue weighted by Crippen LogP contribution is 2.29. The zero-order chi connectivity index (χ0) is 24.9. The number of carbonyl (C=O) groups excluding carboxylic acids is 2. The molecule has 35 heavy (non-hydrogen) atoms. The summed E-state index contributed by atoms with van der Waals surface area (Å²) in [4.78, 5) is 47.0. The highest BCUT2D eigenvalue weighted by molar-refractivity contribution is 8.00. The molecule has 0 aliphatic carbocycles. The molecule has 1 aliphatic rings. The normalized spacial score (nSPS) is 14.7. The third-order valence-electron chi connectivity index (χ3n) is 5.82. The molecule has 0 radical (unpaired) electrons. The molecular weight excluding hydrogens is 488 g/mol. The first-order valence-corrected chi connectivity index (χ1v) is 12.8. The number of benzene rings is 2. The summed E-state index contributed by atoms with van der Waals surface area (Å²) in [7, 11) is 0. The Labute approximate surface area is 212 Å². The first-order chi connectivity index (χ1) is 16.9. The van der Waals surface area contributed by atoms with E-state index >= 15 is 0 Å². The lowest BCUT2D eigenvalue weighted by Gasteiger charge is -2.35. The van der Waals surface area contributed by atoms with Gasteiger partial charge in [-0.05, 0) is 43.7 Å². The van der Waals surface area contributed by atoms with Crippen LogP contribution in [0.5, 0.6) is 0 Å². The van der Waals surface area contributed by atoms with Crippen molar-refractivity contribution in [2.45, 2.75) is 30.7 Å². The maximum atomic E-state index is 13.5. The zero-order valence-electron chi connectivity index (χ0n) is 19.6. The van der Waals surface area contributed by atoms with Crippen LogP contribution in [0.15, 0.2) is 58.5 Å². The van der Waals surface area contributed by atoms with Gasteiger partial charge in [0, 0.05) is 31.2 Å². The lowest BCUT2D eigenvalue weighted by atomic mass is 10.2. The monoisotopic (exact) mass is 514 g/mol. The third-order valence-corrected chi connectivity index (χ3v) is 7.36. The molecule has 184 valence electrons. The van der Waals surface area contributed by atoms with E-state index < -0.39 is 5.25 Å². The summed E-state index contributed by atoms with van der Waals surface area (Å²) >= 11 is 7.49. The van der Waals surface area contributed by atoms with Crippen molar-refractivity contribution in [3.8, 4) is 5.69 Å². The van der Waals surface area contributed by atoms with Crippen LogP contribution in [0.25, 0.3) is 16.6 Å². The minimum absolute atomic E-state index is 0.0407. The second-order valence-electron chi connectivity index (χ2n) is 8.06. The van der Waals surface area contributed by atoms with Crippen LogP contribution in [0.1, 0.15) is 20.3 Å². The first-order valence-electron chi connectivity index (χ1n) is 11.6. The van der Waals surface area contributed by atoms with Crippen LogP contribution in [0.3, 0.4) is 0 Å². The largest absolute Gasteiger partial charge is 0.450 e. The van der Waals surface area contributed by atoms with Gasteiger partial charge in [-0.25, -0.2) is 9.78 Å². The average molecular weight is 515 g/mol. The first kappa shape index (κ1) is 25.1. The molecule has 10 heteroatoms. The van der Waals surface area contributed by atoms with Gasteiger partial charge in [-0.3, -0.25) is 14.2 Å². The molecule has 2 amide bonds. The predicted molar refractivity (Wildman–Crippen MR) is 137 cm³/mol. The number of thioether (sulfide) groups is 1. The van der Waals surface area contributed by atoms with Gasteiger partial charge < -0.3 is 14.5 Å². The summed E-state index contributed by atoms with van der Waals surface area (Å²) in [5.74, 6) is -0.0407. The minimum Gasteiger partial charge on any atom is -0.450 e. The van der Waals surface area contributed by atoms with Crippen LogP contribution in [-0.4, -0.2) is 69.4 Å². The second-order valence-corrected chi connectivity index (χ2v) is 9.66. The number of hydrogen-bond acceptors (Lipinski definition) is 6. The van der Waals surface area contributed by atoms with Gasteiger partial charge in [0.05, 0.1) is 28.4 Å². The lowest BCUT2D eigenvalue weighted by Crippen LogP contribution is -2.52. The Morgan fingerprint density at radius 1 is 1.06 bits per heavy atom. The summed E-state index contributed by atoms with van der Waals surface area (Å²) in [6.07, 6.45) is 0.201. The Morgan fingerprint density at radius 2 is 1.77 bits per heavy atom. The Bertz CT molecular complexity index is 1290. The number of aromatic nitrogens is 2. The Balaban J connectivity index is 1.62. The van der Waals surface area contributed by atoms with Crippen molar-refractivity contribution in [2.75, 3.05) is 32.8 Å². The van der Waals surface area contributed by atoms with E-state index in [1.165, 1.54) is 16.3 Å². The van der Waals surface area contributed by atoms with Gasteiger partial charge in [0.15, 0.2) is 5.16 Å². The van der Waals surface area contributed by atoms with Crippen molar-refractivity contribution in [3.05, 3.63) is 63.9 Å². The van der Waals surface area contributed by atoms with E-state index in [-0.39, 0.29) is 17.6 Å². The van der Waals surface area contributed by atoms with Crippen LogP contribution < -0.4 is 5.56 Å². The maximum absolute atomic E-state index is 13.5. The quantitative estimate of drug-likeness (QED) is 0.362. The summed E-state index contributed by atoms with van der Waals surface area (Å²) < 4.78 is 6.59. The van der Waals surface area contributed by atoms with Crippen molar-refractivity contribution in [1.82, 2.24) is 19.4 Å². The van der Waals surface area contributed by atoms with Gasteiger partial charge in [0.25, 0.3) is 5.56 Å². The molecular formula is C25H27ClN4O4S. The molecule has 1 aliphatic heterocycles. The lowest BCUT2D eigenvalue weighted by molar-refractivity contribution is -0.132. The van der Waals surface area contributed by atoms with Gasteiger partial charge in [0.2, 0.25) is 5.91 Å². The van der Waals surface area contributed by atoms with Crippen LogP contribution in [0, 0.1) is 0 Å². The zero-order valence-corrected chi connectivity index (χ0v) is 21.2. The Hall–Kier alpha value is -3.04. The SMILES string of the molecule is CCOC(=O)N1CCN(C(=O)C(CC)Sc2nc3ccccc3c(=O)n2-c2cccc(Cl)c2)CC1. The fraction of sp³-hybridized carbons (Fsp3) is 0.360. The van der Waals surface area contributed by atoms with E-state index in [9.17, 15) is 14.4 Å². The summed E-state index contributed by atoms with van der Waals surface area (Å²) in [5.41, 5.74) is 0.947. The van der Waals surface area contributed by atoms with E-state index in [0.717, 1.165) is 0 Å². The van der Waals surface area contributed by atoms with Crippen molar-refractivity contribution in [3.63, 3.8) is 0 Å². The fourth-order valence-electron chi connectivity index (χ4n) is 4.00. The topological polar surface area (TPSA) is 84.7 Å². The number of hydrogen-bond donors (Lipinski definition) is 0. The molecule has 0 spiro atoms. The van der Waals surface area contributed by atoms with Gasteiger partial charge >= 0.3 is 6.09 Å². The second kappa shape index (κ2) is 11.1. The number of rotatable bonds is 6. The number of piperazine rings is 1. The third kappa shape index (κ3) is 5.46. The van der Waals surface area contributed by atoms with Crippen molar-refractivity contribution < 1.29 is 14.3 Å². The molecule has 3 aromatic rings. The number of ether oxygens (including phenoxy) is 1. The summed E-state index contributed by atoms with van der Waals surface area (Å²) in [6.45, 7) is 5.74. The fourth-order valence-corrected chi connectivity index (χ4v) is 5.30. The van der Waals surface area contributed by atoms with E-state index in [1.807, 2.05) is 13.0 Å². The number of halogens is 1. The standard InChI is InChI=1S/C25H27ClN4O4S/c1-3-21(23(32)28-12-14-29(15-13-28)25(33)34-4-2)35-24-27-20-11-6-5-10-19(20)22(31)30(24)18-9-7-8-17(26)16-18/h5-11,16,21H,3-4,12-15H2,1-2H3. The number of nitrogens with zero attached hydrogens (tertiary/aromatic N) is 4. The molecule has 1 unspecified atom stereocenters. The van der Waals surface area contributed by atoms with Crippen molar-refractivity contribution in [2.24, 2.45) is 0 Å². The van der Waals surface area contributed by atoms with Gasteiger partial charge in [0.1, 0.15) is 0 Å². The number of amides is 2. The highest BCUT2D eigenvalue weighted by Gasteiger charge is 2.30. The van der Waals surface area contributed by atoms with Crippen LogP contribution in [0.4, 0.5) is 4.79 Å². The van der Waals surface area contributed by atoms with Crippen LogP contribution >= 0.6 is 23.4 Å². The van der Waals surface area contributed by atoms with Gasteiger partial charge in [-0.2, -0.15) is 0 Å². The molecule has 0 bridgehead atoms. The number of fused-ring (bicyclic) bond motifs is 1. The maximum Gasteiger partial charge on any atom is 0.409 e. The predicted octanol–water partition coefficient (Wildman–Crippen LogP) is 4.21. The molecule has 0 N–H and O–H groups in total. The molecule has 1 fully saturated rings. The Morgan fingerprint density at radius 3 is 2.46 bits per heavy atom. The van der Waals surface area contributed by atoms with Gasteiger partial charge in [-0.1, -0.05) is 48.5 Å². The highest BCUT2D eigenvalue weighted by atomic mass is 35.5. The van der Waals surface area contributed by atoms with Crippen molar-refractivity contribution in [1.29, 1.82) is 0 Å². The molecule has 1 saturated heterocycles. The van der Waals surface area contributed by atoms with Gasteiger partial charge in [-0.15, -0.1) is 0 Å². The molecule has 1 aromatic heterocycles. The molecule has 1 atom stereocenters. The molecule has 0 saturated carbocycles.